The van der Waals surface area contributed by atoms with Gasteiger partial charge in [0.2, 0.25) is 0 Å². The van der Waals surface area contributed by atoms with Gasteiger partial charge in [0, 0.05) is 49.8 Å². The first-order chi connectivity index (χ1) is 12.6. The number of guanidine groups is 1. The van der Waals surface area contributed by atoms with Crippen LogP contribution in [0.1, 0.15) is 18.2 Å². The van der Waals surface area contributed by atoms with E-state index in [-0.39, 0.29) is 5.82 Å². The van der Waals surface area contributed by atoms with Crippen molar-refractivity contribution in [3.63, 3.8) is 0 Å². The normalized spacial score (nSPS) is 16.1. The van der Waals surface area contributed by atoms with E-state index in [4.69, 9.17) is 4.52 Å². The summed E-state index contributed by atoms with van der Waals surface area (Å²) in [6.45, 7) is 7.73. The van der Waals surface area contributed by atoms with E-state index in [1.165, 1.54) is 12.1 Å². The van der Waals surface area contributed by atoms with Gasteiger partial charge in [0.25, 0.3) is 0 Å². The molecule has 0 aliphatic carbocycles. The Balaban J connectivity index is 1.59. The highest BCUT2D eigenvalue weighted by Crippen LogP contribution is 2.16. The lowest BCUT2D eigenvalue weighted by atomic mass is 10.2. The summed E-state index contributed by atoms with van der Waals surface area (Å²) in [5, 5.41) is 7.31. The molecule has 26 heavy (non-hydrogen) atoms. The number of nitrogens with one attached hydrogen (secondary N) is 1. The van der Waals surface area contributed by atoms with E-state index in [1.807, 2.05) is 12.1 Å². The van der Waals surface area contributed by atoms with E-state index in [2.05, 4.69) is 48.1 Å². The minimum absolute atomic E-state index is 0.254. The van der Waals surface area contributed by atoms with Crippen LogP contribution in [0.2, 0.25) is 0 Å². The number of nitrogens with zero attached hydrogens (tertiary/aromatic N) is 4. The molecule has 0 radical (unpaired) electrons. The van der Waals surface area contributed by atoms with Crippen molar-refractivity contribution in [2.24, 2.45) is 4.99 Å². The molecule has 0 bridgehead atoms. The Morgan fingerprint density at radius 1 is 1.31 bits per heavy atom. The van der Waals surface area contributed by atoms with Crippen LogP contribution in [0.4, 0.5) is 4.39 Å². The van der Waals surface area contributed by atoms with Crippen LogP contribution in [0.25, 0.3) is 0 Å². The summed E-state index contributed by atoms with van der Waals surface area (Å²) in [6, 6.07) is 6.77. The average molecular weight is 424 g/mol. The Labute approximate surface area is 161 Å². The quantitative estimate of drug-likeness (QED) is 0.591. The molecule has 6 nitrogen and oxygen atoms in total. The molecule has 1 fully saturated rings. The van der Waals surface area contributed by atoms with Gasteiger partial charge < -0.3 is 14.7 Å². The van der Waals surface area contributed by atoms with E-state index in [1.54, 1.807) is 6.26 Å². The van der Waals surface area contributed by atoms with E-state index in [9.17, 15) is 4.39 Å². The maximum absolute atomic E-state index is 13.5. The second-order valence-electron chi connectivity index (χ2n) is 6.20. The first-order valence-corrected chi connectivity index (χ1v) is 9.53. The van der Waals surface area contributed by atoms with Crippen molar-refractivity contribution >= 4 is 21.9 Å². The first kappa shape index (κ1) is 18.8. The third kappa shape index (κ3) is 5.28. The van der Waals surface area contributed by atoms with Gasteiger partial charge in [0.15, 0.2) is 5.96 Å². The van der Waals surface area contributed by atoms with Crippen LogP contribution in [0, 0.1) is 5.82 Å². The zero-order chi connectivity index (χ0) is 18.4. The van der Waals surface area contributed by atoms with Crippen molar-refractivity contribution in [2.45, 2.75) is 20.0 Å². The fraction of sp³-hybridized carbons (Fsp3) is 0.444. The van der Waals surface area contributed by atoms with Gasteiger partial charge in [-0.15, -0.1) is 0 Å². The molecule has 1 saturated heterocycles. The second-order valence-corrected chi connectivity index (χ2v) is 7.12. The molecule has 1 aromatic heterocycles. The van der Waals surface area contributed by atoms with Crippen molar-refractivity contribution in [1.29, 1.82) is 0 Å². The van der Waals surface area contributed by atoms with Crippen molar-refractivity contribution in [1.82, 2.24) is 20.3 Å². The number of rotatable bonds is 5. The summed E-state index contributed by atoms with van der Waals surface area (Å²) >= 11 is 3.33. The fourth-order valence-electron chi connectivity index (χ4n) is 2.96. The topological polar surface area (TPSA) is 56.9 Å². The van der Waals surface area contributed by atoms with E-state index < -0.39 is 0 Å². The number of hydrogen-bond acceptors (Lipinski definition) is 4. The van der Waals surface area contributed by atoms with Crippen molar-refractivity contribution < 1.29 is 8.91 Å². The lowest BCUT2D eigenvalue weighted by Crippen LogP contribution is -2.52. The minimum atomic E-state index is -0.254. The Hall–Kier alpha value is -1.93. The first-order valence-electron chi connectivity index (χ1n) is 8.74. The largest absolute Gasteiger partial charge is 0.364 e. The van der Waals surface area contributed by atoms with Gasteiger partial charge in [0.1, 0.15) is 12.1 Å². The van der Waals surface area contributed by atoms with Crippen molar-refractivity contribution in [3.05, 3.63) is 52.1 Å². The third-order valence-electron chi connectivity index (χ3n) is 4.22. The zero-order valence-corrected chi connectivity index (χ0v) is 16.4. The highest BCUT2D eigenvalue weighted by molar-refractivity contribution is 9.10. The predicted octanol–water partition coefficient (Wildman–Crippen LogP) is 2.86. The van der Waals surface area contributed by atoms with Gasteiger partial charge in [-0.1, -0.05) is 21.1 Å². The zero-order valence-electron chi connectivity index (χ0n) is 14.8. The lowest BCUT2D eigenvalue weighted by Gasteiger charge is -2.36. The van der Waals surface area contributed by atoms with E-state index in [0.717, 1.165) is 61.0 Å². The van der Waals surface area contributed by atoms with Crippen LogP contribution < -0.4 is 5.32 Å². The Morgan fingerprint density at radius 2 is 2.12 bits per heavy atom. The molecule has 0 saturated carbocycles. The molecule has 1 N–H and O–H groups in total. The molecule has 8 heteroatoms. The van der Waals surface area contributed by atoms with Crippen LogP contribution in [-0.4, -0.2) is 53.6 Å². The summed E-state index contributed by atoms with van der Waals surface area (Å²) < 4.78 is 19.2. The number of halogens is 2. The number of aliphatic imine (C=N–C) groups is 1. The summed E-state index contributed by atoms with van der Waals surface area (Å²) in [6.07, 6.45) is 1.60. The molecule has 0 spiro atoms. The van der Waals surface area contributed by atoms with Crippen LogP contribution >= 0.6 is 15.9 Å². The van der Waals surface area contributed by atoms with Gasteiger partial charge in [-0.25, -0.2) is 9.38 Å². The maximum atomic E-state index is 13.5. The van der Waals surface area contributed by atoms with Crippen LogP contribution in [0.3, 0.4) is 0 Å². The number of benzene rings is 1. The fourth-order valence-corrected chi connectivity index (χ4v) is 3.47. The predicted molar refractivity (Wildman–Crippen MR) is 102 cm³/mol. The van der Waals surface area contributed by atoms with Crippen LogP contribution in [-0.2, 0) is 13.1 Å². The summed E-state index contributed by atoms with van der Waals surface area (Å²) in [4.78, 5) is 9.28. The summed E-state index contributed by atoms with van der Waals surface area (Å²) in [5.41, 5.74) is 1.80. The molecule has 2 heterocycles. The number of piperazine rings is 1. The molecule has 140 valence electrons. The van der Waals surface area contributed by atoms with Gasteiger partial charge in [-0.3, -0.25) is 4.90 Å². The van der Waals surface area contributed by atoms with E-state index >= 15 is 0 Å². The van der Waals surface area contributed by atoms with Crippen LogP contribution in [0.15, 0.2) is 44.5 Å². The number of aromatic nitrogens is 1. The molecule has 1 aliphatic rings. The highest BCUT2D eigenvalue weighted by Gasteiger charge is 2.20. The standard InChI is InChI=1S/C18H23BrFN5O/c1-2-21-18(22-12-14-9-15(19)11-16(20)10-14)25-6-4-24(5-7-25)13-17-3-8-26-23-17/h3,8-11H,2,4-7,12-13H2,1H3,(H,21,22). The van der Waals surface area contributed by atoms with Gasteiger partial charge in [-0.2, -0.15) is 0 Å². The molecule has 0 amide bonds. The molecular weight excluding hydrogens is 401 g/mol. The van der Waals surface area contributed by atoms with Crippen molar-refractivity contribution in [3.8, 4) is 0 Å². The molecule has 2 aromatic rings. The second kappa shape index (κ2) is 9.14. The Morgan fingerprint density at radius 3 is 2.77 bits per heavy atom. The van der Waals surface area contributed by atoms with Gasteiger partial charge in [0.05, 0.1) is 12.2 Å². The SMILES string of the molecule is CCNC(=NCc1cc(F)cc(Br)c1)N1CCN(Cc2ccon2)CC1. The van der Waals surface area contributed by atoms with Crippen LogP contribution in [0.5, 0.6) is 0 Å². The van der Waals surface area contributed by atoms with E-state index in [0.29, 0.717) is 6.54 Å². The summed E-state index contributed by atoms with van der Waals surface area (Å²) in [7, 11) is 0. The Bertz CT molecular complexity index is 709. The Kier molecular flexibility index (Phi) is 6.62. The summed E-state index contributed by atoms with van der Waals surface area (Å²) in [5.74, 6) is 0.616. The lowest BCUT2D eigenvalue weighted by molar-refractivity contribution is 0.169. The molecular formula is C18H23BrFN5O. The number of hydrogen-bond donors (Lipinski definition) is 1. The highest BCUT2D eigenvalue weighted by atomic mass is 79.9. The van der Waals surface area contributed by atoms with Gasteiger partial charge in [-0.05, 0) is 30.7 Å². The molecule has 0 atom stereocenters. The third-order valence-corrected chi connectivity index (χ3v) is 4.68. The molecule has 1 aliphatic heterocycles. The molecule has 0 unspecified atom stereocenters. The molecule has 3 rings (SSSR count). The minimum Gasteiger partial charge on any atom is -0.364 e. The monoisotopic (exact) mass is 423 g/mol. The van der Waals surface area contributed by atoms with Gasteiger partial charge >= 0.3 is 0 Å². The molecule has 1 aromatic carbocycles. The average Bonchev–Trinajstić information content (AvgIpc) is 3.12. The van der Waals surface area contributed by atoms with Crippen molar-refractivity contribution in [2.75, 3.05) is 32.7 Å². The maximum Gasteiger partial charge on any atom is 0.194 e. The smallest absolute Gasteiger partial charge is 0.194 e.